The summed E-state index contributed by atoms with van der Waals surface area (Å²) in [5.74, 6) is -3.70. The van der Waals surface area contributed by atoms with Gasteiger partial charge in [-0.1, -0.05) is 41.4 Å². The Hall–Kier alpha value is -3.03. The van der Waals surface area contributed by atoms with E-state index < -0.39 is 29.7 Å². The fourth-order valence-corrected chi connectivity index (χ4v) is 6.06. The van der Waals surface area contributed by atoms with Crippen LogP contribution in [0.3, 0.4) is 0 Å². The zero-order valence-electron chi connectivity index (χ0n) is 21.3. The fourth-order valence-electron chi connectivity index (χ4n) is 5.33. The number of carbonyl (C=O) groups is 3. The number of aromatic carboxylic acids is 1. The predicted molar refractivity (Wildman–Crippen MR) is 156 cm³/mol. The van der Waals surface area contributed by atoms with Crippen molar-refractivity contribution in [3.8, 4) is 0 Å². The van der Waals surface area contributed by atoms with Gasteiger partial charge in [0.05, 0.1) is 22.5 Å². The molecule has 2 fully saturated rings. The largest absolute Gasteiger partial charge is 0.478 e. The average Bonchev–Trinajstić information content (AvgIpc) is 3.67. The van der Waals surface area contributed by atoms with E-state index >= 15 is 4.39 Å². The molecule has 7 nitrogen and oxygen atoms in total. The van der Waals surface area contributed by atoms with E-state index in [0.29, 0.717) is 28.9 Å². The van der Waals surface area contributed by atoms with Crippen LogP contribution >= 0.6 is 32.6 Å². The third kappa shape index (κ3) is 6.01. The van der Waals surface area contributed by atoms with Crippen LogP contribution in [0.5, 0.6) is 0 Å². The molecular weight excluding hydrogens is 575 g/mol. The first kappa shape index (κ1) is 28.5. The maximum atomic E-state index is 15.6. The van der Waals surface area contributed by atoms with Gasteiger partial charge >= 0.3 is 5.97 Å². The summed E-state index contributed by atoms with van der Waals surface area (Å²) in [7, 11) is 2.37. The summed E-state index contributed by atoms with van der Waals surface area (Å²) in [6.45, 7) is 0.831. The molecule has 208 valence electrons. The Kier molecular flexibility index (Phi) is 8.43. The molecule has 2 N–H and O–H groups in total. The van der Waals surface area contributed by atoms with Gasteiger partial charge in [-0.25, -0.2) is 9.18 Å². The number of amides is 2. The second-order valence-electron chi connectivity index (χ2n) is 10.2. The molecule has 2 unspecified atom stereocenters. The van der Waals surface area contributed by atoms with Crippen molar-refractivity contribution in [1.29, 1.82) is 0 Å². The van der Waals surface area contributed by atoms with Crippen molar-refractivity contribution in [2.45, 2.75) is 24.8 Å². The third-order valence-corrected chi connectivity index (χ3v) is 8.52. The topological polar surface area (TPSA) is 90.0 Å². The molecule has 3 aromatic rings. The summed E-state index contributed by atoms with van der Waals surface area (Å²) in [4.78, 5) is 41.2. The molecule has 3 aromatic carbocycles. The molecule has 1 aliphatic heterocycles. The van der Waals surface area contributed by atoms with Crippen molar-refractivity contribution in [2.75, 3.05) is 23.1 Å². The highest BCUT2D eigenvalue weighted by Crippen LogP contribution is 2.44. The number of carboxylic acid groups (broad SMARTS) is 1. The van der Waals surface area contributed by atoms with Crippen molar-refractivity contribution in [1.82, 2.24) is 4.90 Å². The van der Waals surface area contributed by atoms with Crippen LogP contribution in [0.4, 0.5) is 15.8 Å². The Labute approximate surface area is 243 Å². The zero-order chi connectivity index (χ0) is 28.6. The van der Waals surface area contributed by atoms with Crippen LogP contribution in [0.1, 0.15) is 34.7 Å². The predicted octanol–water partition coefficient (Wildman–Crippen LogP) is 6.09. The van der Waals surface area contributed by atoms with Crippen molar-refractivity contribution in [3.05, 3.63) is 93.7 Å². The van der Waals surface area contributed by atoms with Gasteiger partial charge in [-0.3, -0.25) is 19.2 Å². The van der Waals surface area contributed by atoms with Gasteiger partial charge in [0.25, 0.3) is 0 Å². The summed E-state index contributed by atoms with van der Waals surface area (Å²) in [5.41, 5.74) is 1.22. The Balaban J connectivity index is 1.53. The van der Waals surface area contributed by atoms with E-state index in [9.17, 15) is 19.5 Å². The van der Waals surface area contributed by atoms with Crippen LogP contribution in [0.25, 0.3) is 0 Å². The summed E-state index contributed by atoms with van der Waals surface area (Å²) in [6, 6.07) is 16.4. The van der Waals surface area contributed by atoms with Crippen molar-refractivity contribution >= 4 is 61.8 Å². The molecule has 0 aromatic heterocycles. The molecule has 4 atom stereocenters. The van der Waals surface area contributed by atoms with E-state index in [-0.39, 0.29) is 34.5 Å². The summed E-state index contributed by atoms with van der Waals surface area (Å²) < 4.78 is 16.9. The summed E-state index contributed by atoms with van der Waals surface area (Å²) in [6.07, 6.45) is 2.05. The second-order valence-corrected chi connectivity index (χ2v) is 11.5. The highest BCUT2D eigenvalue weighted by atomic mass is 35.5. The Morgan fingerprint density at radius 1 is 1.05 bits per heavy atom. The van der Waals surface area contributed by atoms with Crippen LogP contribution in [0.2, 0.25) is 10.0 Å². The molecule has 0 spiro atoms. The lowest BCUT2D eigenvalue weighted by atomic mass is 9.82. The average molecular weight is 602 g/mol. The number of anilines is 2. The molecule has 11 heteroatoms. The summed E-state index contributed by atoms with van der Waals surface area (Å²) >= 11 is 12.3. The number of hydrogen-bond acceptors (Lipinski definition) is 4. The van der Waals surface area contributed by atoms with Gasteiger partial charge in [0.15, 0.2) is 0 Å². The maximum absolute atomic E-state index is 15.6. The minimum absolute atomic E-state index is 0.0858. The first-order valence-corrected chi connectivity index (χ1v) is 14.1. The van der Waals surface area contributed by atoms with Gasteiger partial charge in [-0.05, 0) is 82.2 Å². The standard InChI is InChI=1S/C29H27Cl2FN3O4P/c30-18-3-1-4-19(13-18)33-27(36)26-24(21-5-2-6-23(31)25(21)32)22(15-34(26)14-16-7-8-16)28(37)35(40)20-11-9-17(10-12-20)29(38)39/h1-6,9-13,16,22,24,26H,7-8,14-15,40H2,(H,33,36)(H,38,39)/t22-,24+,26?/m1/s1. The third-order valence-electron chi connectivity index (χ3n) is 7.44. The Bertz CT molecular complexity index is 1450. The van der Waals surface area contributed by atoms with Gasteiger partial charge in [0.1, 0.15) is 5.82 Å². The minimum atomic E-state index is -1.08. The number of nitrogens with one attached hydrogen (secondary N) is 1. The fraction of sp³-hybridized carbons (Fsp3) is 0.276. The van der Waals surface area contributed by atoms with Gasteiger partial charge in [0.2, 0.25) is 11.8 Å². The minimum Gasteiger partial charge on any atom is -0.478 e. The van der Waals surface area contributed by atoms with E-state index in [1.807, 2.05) is 4.90 Å². The molecule has 2 amide bonds. The van der Waals surface area contributed by atoms with Crippen molar-refractivity contribution in [2.24, 2.45) is 11.8 Å². The summed E-state index contributed by atoms with van der Waals surface area (Å²) in [5, 5.41) is 12.5. The van der Waals surface area contributed by atoms with Gasteiger partial charge in [-0.2, -0.15) is 0 Å². The van der Waals surface area contributed by atoms with Crippen molar-refractivity contribution < 1.29 is 23.9 Å². The smallest absolute Gasteiger partial charge is 0.335 e. The van der Waals surface area contributed by atoms with Crippen LogP contribution in [-0.2, 0) is 9.59 Å². The highest BCUT2D eigenvalue weighted by molar-refractivity contribution is 7.21. The monoisotopic (exact) mass is 601 g/mol. The maximum Gasteiger partial charge on any atom is 0.335 e. The molecule has 1 saturated carbocycles. The van der Waals surface area contributed by atoms with Crippen LogP contribution in [0.15, 0.2) is 66.7 Å². The quantitative estimate of drug-likeness (QED) is 0.305. The number of rotatable bonds is 8. The van der Waals surface area contributed by atoms with E-state index in [4.69, 9.17) is 23.2 Å². The highest BCUT2D eigenvalue weighted by Gasteiger charge is 2.52. The first-order chi connectivity index (χ1) is 19.1. The normalized spacial score (nSPS) is 20.8. The number of hydrogen-bond donors (Lipinski definition) is 2. The molecule has 1 aliphatic carbocycles. The molecular formula is C29H27Cl2FN3O4P. The van der Waals surface area contributed by atoms with Crippen LogP contribution in [-0.4, -0.2) is 46.9 Å². The number of benzene rings is 3. The molecule has 0 bridgehead atoms. The SMILES string of the molecule is O=C(O)c1ccc(N(P)C(=O)[C@@H]2CN(CC3CC3)C(C(=O)Nc3cccc(Cl)c3)[C@H]2c2cccc(Cl)c2F)cc1. The van der Waals surface area contributed by atoms with E-state index in [2.05, 4.69) is 14.7 Å². The molecule has 1 saturated heterocycles. The lowest BCUT2D eigenvalue weighted by Crippen LogP contribution is -2.43. The lowest BCUT2D eigenvalue weighted by Gasteiger charge is -2.29. The van der Waals surface area contributed by atoms with Crippen LogP contribution in [0, 0.1) is 17.7 Å². The van der Waals surface area contributed by atoms with Gasteiger partial charge < -0.3 is 10.4 Å². The number of carboxylic acids is 1. The Morgan fingerprint density at radius 3 is 2.40 bits per heavy atom. The van der Waals surface area contributed by atoms with E-state index in [1.54, 1.807) is 36.4 Å². The number of carbonyl (C=O) groups excluding carboxylic acids is 2. The van der Waals surface area contributed by atoms with E-state index in [0.717, 1.165) is 12.8 Å². The number of likely N-dealkylation sites (tertiary alicyclic amines) is 1. The lowest BCUT2D eigenvalue weighted by molar-refractivity contribution is -0.121. The molecule has 2 aliphatic rings. The number of halogens is 3. The molecule has 1 heterocycles. The number of nitrogens with zero attached hydrogens (tertiary/aromatic N) is 2. The zero-order valence-corrected chi connectivity index (χ0v) is 23.9. The van der Waals surface area contributed by atoms with Crippen LogP contribution < -0.4 is 9.99 Å². The molecule has 40 heavy (non-hydrogen) atoms. The second kappa shape index (κ2) is 11.8. The Morgan fingerprint density at radius 2 is 1.75 bits per heavy atom. The molecule has 5 rings (SSSR count). The molecule has 0 radical (unpaired) electrons. The van der Waals surface area contributed by atoms with Crippen molar-refractivity contribution in [3.63, 3.8) is 0 Å². The van der Waals surface area contributed by atoms with Gasteiger partial charge in [0, 0.05) is 35.4 Å². The van der Waals surface area contributed by atoms with Gasteiger partial charge in [-0.15, -0.1) is 0 Å². The first-order valence-electron chi connectivity index (χ1n) is 12.8. The van der Waals surface area contributed by atoms with E-state index in [1.165, 1.54) is 35.0 Å².